The minimum atomic E-state index is 0.254. The first-order valence-corrected chi connectivity index (χ1v) is 6.91. The van der Waals surface area contributed by atoms with Crippen molar-refractivity contribution in [2.45, 2.75) is 41.0 Å². The van der Waals surface area contributed by atoms with Crippen LogP contribution in [0.2, 0.25) is 0 Å². The normalized spacial score (nSPS) is 11.9. The highest BCUT2D eigenvalue weighted by Gasteiger charge is 2.22. The van der Waals surface area contributed by atoms with Crippen molar-refractivity contribution in [2.24, 2.45) is 11.3 Å². The molecule has 3 nitrogen and oxygen atoms in total. The average molecular weight is 300 g/mol. The van der Waals surface area contributed by atoms with Gasteiger partial charge in [-0.2, -0.15) is 0 Å². The Morgan fingerprint density at radius 2 is 2.00 bits per heavy atom. The van der Waals surface area contributed by atoms with Gasteiger partial charge in [-0.3, -0.25) is 0 Å². The van der Waals surface area contributed by atoms with Crippen LogP contribution in [0.4, 0.5) is 5.82 Å². The molecule has 1 rings (SSSR count). The zero-order chi connectivity index (χ0) is 13.1. The standard InChI is InChI=1S/C13H22BrN3/c1-6-11-16-10(14)7-12(17-11)15-8-13(4,5)9(2)3/h7,9H,6,8H2,1-5H3,(H,15,16,17). The Morgan fingerprint density at radius 1 is 1.35 bits per heavy atom. The Morgan fingerprint density at radius 3 is 2.53 bits per heavy atom. The van der Waals surface area contributed by atoms with Crippen LogP contribution in [0.15, 0.2) is 10.7 Å². The number of hydrogen-bond acceptors (Lipinski definition) is 3. The van der Waals surface area contributed by atoms with Crippen molar-refractivity contribution >= 4 is 21.7 Å². The van der Waals surface area contributed by atoms with Crippen molar-refractivity contribution in [2.75, 3.05) is 11.9 Å². The molecule has 1 N–H and O–H groups in total. The summed E-state index contributed by atoms with van der Waals surface area (Å²) in [5, 5.41) is 3.40. The van der Waals surface area contributed by atoms with Crippen molar-refractivity contribution in [1.82, 2.24) is 9.97 Å². The summed E-state index contributed by atoms with van der Waals surface area (Å²) in [7, 11) is 0. The molecule has 1 aromatic heterocycles. The van der Waals surface area contributed by atoms with Crippen LogP contribution in [-0.4, -0.2) is 16.5 Å². The molecule has 0 spiro atoms. The molecule has 1 heterocycles. The monoisotopic (exact) mass is 299 g/mol. The molecule has 0 aliphatic heterocycles. The molecule has 96 valence electrons. The molecule has 0 aromatic carbocycles. The minimum absolute atomic E-state index is 0.254. The second-order valence-electron chi connectivity index (χ2n) is 5.34. The summed E-state index contributed by atoms with van der Waals surface area (Å²) in [6, 6.07) is 1.93. The number of nitrogens with one attached hydrogen (secondary N) is 1. The average Bonchev–Trinajstić information content (AvgIpc) is 2.25. The predicted molar refractivity (Wildman–Crippen MR) is 76.2 cm³/mol. The Kier molecular flexibility index (Phi) is 4.92. The van der Waals surface area contributed by atoms with Crippen molar-refractivity contribution in [3.8, 4) is 0 Å². The summed E-state index contributed by atoms with van der Waals surface area (Å²) < 4.78 is 0.842. The third kappa shape index (κ3) is 4.26. The zero-order valence-corrected chi connectivity index (χ0v) is 12.9. The highest BCUT2D eigenvalue weighted by Crippen LogP contribution is 2.26. The van der Waals surface area contributed by atoms with Gasteiger partial charge in [-0.25, -0.2) is 9.97 Å². The van der Waals surface area contributed by atoms with E-state index in [1.807, 2.05) is 6.07 Å². The molecule has 0 saturated heterocycles. The van der Waals surface area contributed by atoms with Gasteiger partial charge in [-0.15, -0.1) is 0 Å². The quantitative estimate of drug-likeness (QED) is 0.838. The van der Waals surface area contributed by atoms with E-state index in [4.69, 9.17) is 0 Å². The molecule has 0 unspecified atom stereocenters. The van der Waals surface area contributed by atoms with E-state index in [0.29, 0.717) is 5.92 Å². The lowest BCUT2D eigenvalue weighted by Gasteiger charge is -2.29. The molecule has 0 aliphatic rings. The van der Waals surface area contributed by atoms with E-state index in [9.17, 15) is 0 Å². The van der Waals surface area contributed by atoms with E-state index in [0.717, 1.165) is 29.2 Å². The molecule has 0 amide bonds. The topological polar surface area (TPSA) is 37.8 Å². The molecule has 1 aromatic rings. The van der Waals surface area contributed by atoms with Gasteiger partial charge in [0, 0.05) is 19.0 Å². The molecule has 17 heavy (non-hydrogen) atoms. The second kappa shape index (κ2) is 5.80. The molecule has 0 radical (unpaired) electrons. The van der Waals surface area contributed by atoms with Gasteiger partial charge in [0.05, 0.1) is 0 Å². The maximum atomic E-state index is 4.46. The van der Waals surface area contributed by atoms with Crippen molar-refractivity contribution < 1.29 is 0 Å². The van der Waals surface area contributed by atoms with E-state index >= 15 is 0 Å². The first-order chi connectivity index (χ1) is 7.85. The van der Waals surface area contributed by atoms with Gasteiger partial charge in [-0.05, 0) is 27.3 Å². The Labute approximate surface area is 113 Å². The van der Waals surface area contributed by atoms with Crippen LogP contribution in [0, 0.1) is 11.3 Å². The molecular weight excluding hydrogens is 278 g/mol. The first-order valence-electron chi connectivity index (χ1n) is 6.12. The van der Waals surface area contributed by atoms with Gasteiger partial charge in [0.1, 0.15) is 16.2 Å². The van der Waals surface area contributed by atoms with Crippen molar-refractivity contribution in [3.63, 3.8) is 0 Å². The molecule has 0 fully saturated rings. The Bertz CT molecular complexity index is 375. The molecule has 0 saturated carbocycles. The molecule has 0 aliphatic carbocycles. The summed E-state index contributed by atoms with van der Waals surface area (Å²) in [5.41, 5.74) is 0.254. The summed E-state index contributed by atoms with van der Waals surface area (Å²) in [6.07, 6.45) is 0.849. The molecule has 0 atom stereocenters. The van der Waals surface area contributed by atoms with Crippen LogP contribution in [0.3, 0.4) is 0 Å². The first kappa shape index (κ1) is 14.4. The summed E-state index contributed by atoms with van der Waals surface area (Å²) in [6.45, 7) is 12.0. The summed E-state index contributed by atoms with van der Waals surface area (Å²) in [4.78, 5) is 8.76. The lowest BCUT2D eigenvalue weighted by molar-refractivity contribution is 0.269. The van der Waals surface area contributed by atoms with Crippen LogP contribution < -0.4 is 5.32 Å². The van der Waals surface area contributed by atoms with E-state index in [1.54, 1.807) is 0 Å². The van der Waals surface area contributed by atoms with Crippen molar-refractivity contribution in [1.29, 1.82) is 0 Å². The third-order valence-corrected chi connectivity index (χ3v) is 3.75. The van der Waals surface area contributed by atoms with Gasteiger partial charge in [0.25, 0.3) is 0 Å². The van der Waals surface area contributed by atoms with E-state index in [-0.39, 0.29) is 5.41 Å². The Balaban J connectivity index is 2.72. The Hall–Kier alpha value is -0.640. The molecule has 0 bridgehead atoms. The van der Waals surface area contributed by atoms with E-state index in [1.165, 1.54) is 0 Å². The van der Waals surface area contributed by atoms with Crippen LogP contribution >= 0.6 is 15.9 Å². The largest absolute Gasteiger partial charge is 0.369 e. The highest BCUT2D eigenvalue weighted by molar-refractivity contribution is 9.10. The second-order valence-corrected chi connectivity index (χ2v) is 6.16. The van der Waals surface area contributed by atoms with Crippen LogP contribution in [0.5, 0.6) is 0 Å². The fraction of sp³-hybridized carbons (Fsp3) is 0.692. The number of aromatic nitrogens is 2. The highest BCUT2D eigenvalue weighted by atomic mass is 79.9. The third-order valence-electron chi connectivity index (χ3n) is 3.35. The fourth-order valence-electron chi connectivity index (χ4n) is 1.24. The minimum Gasteiger partial charge on any atom is -0.369 e. The number of aryl methyl sites for hydroxylation is 1. The summed E-state index contributed by atoms with van der Waals surface area (Å²) in [5.74, 6) is 2.40. The van der Waals surface area contributed by atoms with Gasteiger partial charge in [0.15, 0.2) is 0 Å². The number of hydrogen-bond donors (Lipinski definition) is 1. The maximum Gasteiger partial charge on any atom is 0.131 e. The molecule has 4 heteroatoms. The lowest BCUT2D eigenvalue weighted by atomic mass is 9.81. The SMILES string of the molecule is CCc1nc(Br)cc(NCC(C)(C)C(C)C)n1. The van der Waals surface area contributed by atoms with Gasteiger partial charge >= 0.3 is 0 Å². The molecular formula is C13H22BrN3. The zero-order valence-electron chi connectivity index (χ0n) is 11.3. The van der Waals surface area contributed by atoms with Crippen LogP contribution in [-0.2, 0) is 6.42 Å². The predicted octanol–water partition coefficient (Wildman–Crippen LogP) is 3.90. The summed E-state index contributed by atoms with van der Waals surface area (Å²) >= 11 is 3.41. The number of rotatable bonds is 5. The fourth-order valence-corrected chi connectivity index (χ4v) is 1.66. The van der Waals surface area contributed by atoms with Gasteiger partial charge in [0.2, 0.25) is 0 Å². The van der Waals surface area contributed by atoms with Crippen LogP contribution in [0.25, 0.3) is 0 Å². The van der Waals surface area contributed by atoms with Gasteiger partial charge < -0.3 is 5.32 Å². The maximum absolute atomic E-state index is 4.46. The smallest absolute Gasteiger partial charge is 0.131 e. The number of anilines is 1. The van der Waals surface area contributed by atoms with E-state index in [2.05, 4.69) is 65.8 Å². The van der Waals surface area contributed by atoms with Crippen LogP contribution in [0.1, 0.15) is 40.4 Å². The van der Waals surface area contributed by atoms with Crippen molar-refractivity contribution in [3.05, 3.63) is 16.5 Å². The van der Waals surface area contributed by atoms with E-state index < -0.39 is 0 Å². The number of nitrogens with zero attached hydrogens (tertiary/aromatic N) is 2. The number of halogens is 1. The lowest BCUT2D eigenvalue weighted by Crippen LogP contribution is -2.28. The van der Waals surface area contributed by atoms with Gasteiger partial charge in [-0.1, -0.05) is 34.6 Å².